The molecule has 7 heteroatoms. The summed E-state index contributed by atoms with van der Waals surface area (Å²) >= 11 is 5.49. The highest BCUT2D eigenvalue weighted by atomic mass is 35.5. The Bertz CT molecular complexity index is 524. The van der Waals surface area contributed by atoms with Crippen molar-refractivity contribution in [2.45, 2.75) is 23.6 Å². The molecule has 0 aliphatic carbocycles. The summed E-state index contributed by atoms with van der Waals surface area (Å²) < 4.78 is 25.1. The first kappa shape index (κ1) is 13.2. The van der Waals surface area contributed by atoms with E-state index in [1.165, 1.54) is 30.9 Å². The van der Waals surface area contributed by atoms with Gasteiger partial charge >= 0.3 is 0 Å². The van der Waals surface area contributed by atoms with E-state index in [0.717, 1.165) is 0 Å². The van der Waals surface area contributed by atoms with E-state index < -0.39 is 25.7 Å². The summed E-state index contributed by atoms with van der Waals surface area (Å²) in [7, 11) is -2.20. The Hall–Kier alpha value is -0.880. The molecule has 1 aromatic rings. The van der Waals surface area contributed by atoms with Crippen molar-refractivity contribution in [2.75, 3.05) is 5.88 Å². The highest BCUT2D eigenvalue weighted by Crippen LogP contribution is 2.13. The van der Waals surface area contributed by atoms with Crippen LogP contribution in [0.25, 0.3) is 0 Å². The maximum absolute atomic E-state index is 12.0. The summed E-state index contributed by atoms with van der Waals surface area (Å²) in [6.45, 7) is 1.52. The average molecular weight is 265 g/mol. The normalized spacial score (nSPS) is 13.7. The zero-order chi connectivity index (χ0) is 12.3. The summed E-state index contributed by atoms with van der Waals surface area (Å²) in [6.07, 6.45) is 3.00. The molecule has 0 fully saturated rings. The Balaban J connectivity index is 3.28. The highest BCUT2D eigenvalue weighted by molar-refractivity contribution is 7.91. The van der Waals surface area contributed by atoms with Gasteiger partial charge in [0, 0.05) is 25.3 Å². The van der Waals surface area contributed by atoms with E-state index in [0.29, 0.717) is 6.42 Å². The lowest BCUT2D eigenvalue weighted by atomic mass is 10.4. The van der Waals surface area contributed by atoms with Crippen molar-refractivity contribution in [3.05, 3.63) is 22.7 Å². The van der Waals surface area contributed by atoms with Gasteiger partial charge in [0.2, 0.25) is 14.9 Å². The fraction of sp³-hybridized carbons (Fsp3) is 0.556. The van der Waals surface area contributed by atoms with Crippen molar-refractivity contribution < 1.29 is 8.42 Å². The van der Waals surface area contributed by atoms with Gasteiger partial charge in [-0.15, -0.1) is 11.6 Å². The molecule has 0 aliphatic rings. The molecule has 1 aromatic heterocycles. The van der Waals surface area contributed by atoms with E-state index in [1.807, 2.05) is 0 Å². The van der Waals surface area contributed by atoms with Crippen LogP contribution in [0.3, 0.4) is 0 Å². The number of rotatable bonds is 4. The molecule has 0 saturated heterocycles. The van der Waals surface area contributed by atoms with Gasteiger partial charge in [0.25, 0.3) is 5.56 Å². The molecule has 0 spiro atoms. The van der Waals surface area contributed by atoms with E-state index in [2.05, 4.69) is 4.98 Å². The number of hydrogen-bond donors (Lipinski definition) is 0. The first-order valence-corrected chi connectivity index (χ1v) is 6.81. The Morgan fingerprint density at radius 2 is 2.19 bits per heavy atom. The zero-order valence-electron chi connectivity index (χ0n) is 9.05. The standard InChI is InChI=1S/C9H13ClN2O3S/c1-7(3-4-10)16(14,15)8-9(13)12(2)6-5-11-8/h5-7H,3-4H2,1-2H3. The summed E-state index contributed by atoms with van der Waals surface area (Å²) in [5, 5.41) is -1.11. The van der Waals surface area contributed by atoms with Gasteiger partial charge in [-0.25, -0.2) is 13.4 Å². The molecule has 16 heavy (non-hydrogen) atoms. The second kappa shape index (κ2) is 4.97. The maximum atomic E-state index is 12.0. The highest BCUT2D eigenvalue weighted by Gasteiger charge is 2.27. The Morgan fingerprint density at radius 1 is 1.56 bits per heavy atom. The van der Waals surface area contributed by atoms with Crippen LogP contribution in [0.4, 0.5) is 0 Å². The van der Waals surface area contributed by atoms with Crippen molar-refractivity contribution in [1.82, 2.24) is 9.55 Å². The number of halogens is 1. The molecule has 1 heterocycles. The number of aryl methyl sites for hydroxylation is 1. The summed E-state index contributed by atoms with van der Waals surface area (Å²) in [5.41, 5.74) is -0.607. The van der Waals surface area contributed by atoms with Gasteiger partial charge < -0.3 is 4.57 Å². The maximum Gasteiger partial charge on any atom is 0.288 e. The minimum absolute atomic E-state index is 0.230. The van der Waals surface area contributed by atoms with Crippen LogP contribution in [0.1, 0.15) is 13.3 Å². The molecule has 0 N–H and O–H groups in total. The molecule has 0 saturated carbocycles. The van der Waals surface area contributed by atoms with Gasteiger partial charge in [-0.1, -0.05) is 0 Å². The third kappa shape index (κ3) is 2.44. The quantitative estimate of drug-likeness (QED) is 0.746. The van der Waals surface area contributed by atoms with Crippen LogP contribution in [0.2, 0.25) is 0 Å². The van der Waals surface area contributed by atoms with Gasteiger partial charge in [0.15, 0.2) is 0 Å². The molecule has 0 amide bonds. The van der Waals surface area contributed by atoms with Gasteiger partial charge in [0.05, 0.1) is 5.25 Å². The molecule has 0 aliphatic heterocycles. The van der Waals surface area contributed by atoms with Crippen LogP contribution in [-0.4, -0.2) is 29.1 Å². The molecule has 5 nitrogen and oxygen atoms in total. The van der Waals surface area contributed by atoms with E-state index >= 15 is 0 Å². The number of nitrogens with zero attached hydrogens (tertiary/aromatic N) is 2. The molecule has 0 aromatic carbocycles. The van der Waals surface area contributed by atoms with Crippen molar-refractivity contribution in [3.8, 4) is 0 Å². The first-order chi connectivity index (χ1) is 7.41. The minimum atomic E-state index is -3.68. The van der Waals surface area contributed by atoms with Crippen LogP contribution >= 0.6 is 11.6 Å². The molecule has 0 bridgehead atoms. The Kier molecular flexibility index (Phi) is 4.09. The second-order valence-electron chi connectivity index (χ2n) is 3.48. The summed E-state index contributed by atoms with van der Waals surface area (Å²) in [6, 6.07) is 0. The number of alkyl halides is 1. The first-order valence-electron chi connectivity index (χ1n) is 4.72. The zero-order valence-corrected chi connectivity index (χ0v) is 10.6. The number of aromatic nitrogens is 2. The van der Waals surface area contributed by atoms with Crippen molar-refractivity contribution in [3.63, 3.8) is 0 Å². The SMILES string of the molecule is CC(CCCl)S(=O)(=O)c1nccn(C)c1=O. The molecule has 1 unspecified atom stereocenters. The van der Waals surface area contributed by atoms with Crippen molar-refractivity contribution >= 4 is 21.4 Å². The van der Waals surface area contributed by atoms with E-state index in [1.54, 1.807) is 0 Å². The molecular weight excluding hydrogens is 252 g/mol. The number of sulfone groups is 1. The molecule has 90 valence electrons. The van der Waals surface area contributed by atoms with E-state index in [9.17, 15) is 13.2 Å². The van der Waals surface area contributed by atoms with Crippen LogP contribution < -0.4 is 5.56 Å². The smallest absolute Gasteiger partial charge is 0.288 e. The van der Waals surface area contributed by atoms with Gasteiger partial charge in [-0.3, -0.25) is 4.79 Å². The topological polar surface area (TPSA) is 69.0 Å². The lowest BCUT2D eigenvalue weighted by molar-refractivity contribution is 0.572. The van der Waals surface area contributed by atoms with Gasteiger partial charge in [-0.2, -0.15) is 0 Å². The van der Waals surface area contributed by atoms with Crippen LogP contribution in [0.15, 0.2) is 22.2 Å². The van der Waals surface area contributed by atoms with Crippen molar-refractivity contribution in [1.29, 1.82) is 0 Å². The van der Waals surface area contributed by atoms with E-state index in [4.69, 9.17) is 11.6 Å². The minimum Gasteiger partial charge on any atom is -0.315 e. The monoisotopic (exact) mass is 264 g/mol. The summed E-state index contributed by atoms with van der Waals surface area (Å²) in [4.78, 5) is 15.3. The largest absolute Gasteiger partial charge is 0.315 e. The summed E-state index contributed by atoms with van der Waals surface area (Å²) in [5.74, 6) is 0.230. The third-order valence-electron chi connectivity index (χ3n) is 2.30. The lowest BCUT2D eigenvalue weighted by Crippen LogP contribution is -2.30. The van der Waals surface area contributed by atoms with Crippen LogP contribution in [0, 0.1) is 0 Å². The third-order valence-corrected chi connectivity index (χ3v) is 4.63. The van der Waals surface area contributed by atoms with Gasteiger partial charge in [-0.05, 0) is 13.3 Å². The van der Waals surface area contributed by atoms with Crippen molar-refractivity contribution in [2.24, 2.45) is 7.05 Å². The molecule has 0 radical (unpaired) electrons. The van der Waals surface area contributed by atoms with Crippen LogP contribution in [-0.2, 0) is 16.9 Å². The Morgan fingerprint density at radius 3 is 2.75 bits per heavy atom. The fourth-order valence-electron chi connectivity index (χ4n) is 1.17. The average Bonchev–Trinajstić information content (AvgIpc) is 2.22. The number of hydrogen-bond acceptors (Lipinski definition) is 4. The molecule has 1 atom stereocenters. The Labute approximate surface area is 99.0 Å². The van der Waals surface area contributed by atoms with Gasteiger partial charge in [0.1, 0.15) is 0 Å². The fourth-order valence-corrected chi connectivity index (χ4v) is 3.03. The van der Waals surface area contributed by atoms with E-state index in [-0.39, 0.29) is 5.88 Å². The lowest BCUT2D eigenvalue weighted by Gasteiger charge is -2.10. The predicted octanol–water partition coefficient (Wildman–Crippen LogP) is 0.571. The second-order valence-corrected chi connectivity index (χ2v) is 6.14. The predicted molar refractivity (Wildman–Crippen MR) is 61.5 cm³/mol. The molecule has 1 rings (SSSR count). The van der Waals surface area contributed by atoms with Crippen LogP contribution in [0.5, 0.6) is 0 Å². The molecular formula is C9H13ClN2O3S.